The van der Waals surface area contributed by atoms with Gasteiger partial charge in [0.25, 0.3) is 0 Å². The number of benzene rings is 1. The number of nitrogens with two attached hydrogens (primary N) is 2. The summed E-state index contributed by atoms with van der Waals surface area (Å²) < 4.78 is 5.74. The molecule has 0 fully saturated rings. The van der Waals surface area contributed by atoms with Crippen molar-refractivity contribution in [3.05, 3.63) is 41.6 Å². The van der Waals surface area contributed by atoms with Gasteiger partial charge in [-0.25, -0.2) is 0 Å². The predicted octanol–water partition coefficient (Wildman–Crippen LogP) is 2.36. The van der Waals surface area contributed by atoms with Crippen LogP contribution in [-0.2, 0) is 5.75 Å². The maximum Gasteiger partial charge on any atom is 0.119 e. The van der Waals surface area contributed by atoms with Crippen molar-refractivity contribution in [1.82, 2.24) is 5.32 Å². The summed E-state index contributed by atoms with van der Waals surface area (Å²) in [7, 11) is 0. The van der Waals surface area contributed by atoms with Gasteiger partial charge in [0.1, 0.15) is 12.4 Å². The Morgan fingerprint density at radius 2 is 2.18 bits per heavy atom. The Morgan fingerprint density at radius 3 is 2.86 bits per heavy atom. The molecule has 124 valence electrons. The first-order valence-electron chi connectivity index (χ1n) is 7.80. The minimum Gasteiger partial charge on any atom is -0.492 e. The Balaban J connectivity index is 2.25. The second-order valence-corrected chi connectivity index (χ2v) is 5.75. The van der Waals surface area contributed by atoms with Crippen LogP contribution in [0.5, 0.6) is 5.75 Å². The molecule has 0 saturated heterocycles. The Bertz CT molecular complexity index is 465. The minimum absolute atomic E-state index is 0.0262. The molecular weight excluding hydrogens is 294 g/mol. The van der Waals surface area contributed by atoms with E-state index in [1.54, 1.807) is 0 Å². The van der Waals surface area contributed by atoms with E-state index in [-0.39, 0.29) is 6.04 Å². The molecule has 0 spiro atoms. The molecule has 0 radical (unpaired) electrons. The number of rotatable bonds is 11. The van der Waals surface area contributed by atoms with Crippen molar-refractivity contribution in [3.63, 3.8) is 0 Å². The number of hydrogen-bond acceptors (Lipinski definition) is 5. The van der Waals surface area contributed by atoms with Gasteiger partial charge in [-0.3, -0.25) is 0 Å². The predicted molar refractivity (Wildman–Crippen MR) is 97.4 cm³/mol. The lowest BCUT2D eigenvalue weighted by Crippen LogP contribution is -2.33. The number of thiol groups is 1. The van der Waals surface area contributed by atoms with Gasteiger partial charge in [-0.2, -0.15) is 12.6 Å². The van der Waals surface area contributed by atoms with Gasteiger partial charge in [0.2, 0.25) is 0 Å². The molecule has 0 amide bonds. The van der Waals surface area contributed by atoms with Crippen LogP contribution in [0.3, 0.4) is 0 Å². The zero-order valence-electron chi connectivity index (χ0n) is 13.5. The van der Waals surface area contributed by atoms with Gasteiger partial charge in [-0.05, 0) is 49.6 Å². The summed E-state index contributed by atoms with van der Waals surface area (Å²) in [6.45, 7) is 8.03. The van der Waals surface area contributed by atoms with Gasteiger partial charge in [-0.15, -0.1) is 0 Å². The van der Waals surface area contributed by atoms with E-state index in [0.717, 1.165) is 36.5 Å². The summed E-state index contributed by atoms with van der Waals surface area (Å²) in [6, 6.07) is 6.05. The molecule has 4 nitrogen and oxygen atoms in total. The maximum absolute atomic E-state index is 6.05. The van der Waals surface area contributed by atoms with Gasteiger partial charge in [0, 0.05) is 24.0 Å². The van der Waals surface area contributed by atoms with Crippen molar-refractivity contribution >= 4 is 12.6 Å². The monoisotopic (exact) mass is 323 g/mol. The SMILES string of the molecule is C=C(NCCOc1ccc(C)c(CS)c1)[C@H](N)CCCCN. The molecule has 1 aromatic rings. The van der Waals surface area contributed by atoms with Crippen molar-refractivity contribution in [2.24, 2.45) is 11.5 Å². The van der Waals surface area contributed by atoms with Crippen LogP contribution in [0.1, 0.15) is 30.4 Å². The van der Waals surface area contributed by atoms with E-state index in [2.05, 4.69) is 37.5 Å². The van der Waals surface area contributed by atoms with Crippen molar-refractivity contribution in [2.45, 2.75) is 38.0 Å². The number of aryl methyl sites for hydroxylation is 1. The summed E-state index contributed by atoms with van der Waals surface area (Å²) in [4.78, 5) is 0. The average molecular weight is 324 g/mol. The summed E-state index contributed by atoms with van der Waals surface area (Å²) in [6.07, 6.45) is 2.95. The van der Waals surface area contributed by atoms with Gasteiger partial charge >= 0.3 is 0 Å². The molecule has 5 N–H and O–H groups in total. The molecule has 0 unspecified atom stereocenters. The number of ether oxygens (including phenoxy) is 1. The highest BCUT2D eigenvalue weighted by atomic mass is 32.1. The van der Waals surface area contributed by atoms with Crippen molar-refractivity contribution in [3.8, 4) is 5.75 Å². The highest BCUT2D eigenvalue weighted by Gasteiger charge is 2.06. The first-order chi connectivity index (χ1) is 10.6. The number of nitrogens with one attached hydrogen (secondary N) is 1. The van der Waals surface area contributed by atoms with Crippen LogP contribution in [0.25, 0.3) is 0 Å². The minimum atomic E-state index is -0.0262. The Morgan fingerprint density at radius 1 is 1.41 bits per heavy atom. The molecule has 1 rings (SSSR count). The van der Waals surface area contributed by atoms with Crippen LogP contribution in [-0.4, -0.2) is 25.7 Å². The number of hydrogen-bond donors (Lipinski definition) is 4. The topological polar surface area (TPSA) is 73.3 Å². The molecule has 0 aliphatic rings. The third-order valence-electron chi connectivity index (χ3n) is 3.63. The molecular formula is C17H29N3OS. The summed E-state index contributed by atoms with van der Waals surface area (Å²) in [5.41, 5.74) is 14.8. The average Bonchev–Trinajstić information content (AvgIpc) is 2.52. The lowest BCUT2D eigenvalue weighted by molar-refractivity contribution is 0.317. The zero-order valence-corrected chi connectivity index (χ0v) is 14.4. The maximum atomic E-state index is 6.05. The summed E-state index contributed by atoms with van der Waals surface area (Å²) in [5.74, 6) is 1.59. The van der Waals surface area contributed by atoms with Crippen molar-refractivity contribution in [2.75, 3.05) is 19.7 Å². The molecule has 0 saturated carbocycles. The zero-order chi connectivity index (χ0) is 16.4. The second kappa shape index (κ2) is 10.5. The van der Waals surface area contributed by atoms with Crippen molar-refractivity contribution in [1.29, 1.82) is 0 Å². The Kier molecular flexibility index (Phi) is 9.04. The molecule has 0 bridgehead atoms. The van der Waals surface area contributed by atoms with E-state index in [9.17, 15) is 0 Å². The van der Waals surface area contributed by atoms with Crippen LogP contribution in [0.2, 0.25) is 0 Å². The lowest BCUT2D eigenvalue weighted by Gasteiger charge is -2.17. The van der Waals surface area contributed by atoms with E-state index in [4.69, 9.17) is 16.2 Å². The normalized spacial score (nSPS) is 12.0. The highest BCUT2D eigenvalue weighted by molar-refractivity contribution is 7.79. The molecule has 1 atom stereocenters. The van der Waals surface area contributed by atoms with E-state index in [1.165, 1.54) is 11.1 Å². The summed E-state index contributed by atoms with van der Waals surface area (Å²) in [5, 5.41) is 3.23. The van der Waals surface area contributed by atoms with Gasteiger partial charge < -0.3 is 21.5 Å². The molecule has 0 aromatic heterocycles. The highest BCUT2D eigenvalue weighted by Crippen LogP contribution is 2.18. The van der Waals surface area contributed by atoms with Crippen molar-refractivity contribution < 1.29 is 4.74 Å². The Hall–Kier alpha value is -1.17. The van der Waals surface area contributed by atoms with Crippen LogP contribution < -0.4 is 21.5 Å². The number of unbranched alkanes of at least 4 members (excludes halogenated alkanes) is 1. The van der Waals surface area contributed by atoms with E-state index in [1.807, 2.05) is 12.1 Å². The van der Waals surface area contributed by atoms with Gasteiger partial charge in [-0.1, -0.05) is 19.1 Å². The fourth-order valence-electron chi connectivity index (χ4n) is 2.10. The van der Waals surface area contributed by atoms with Crippen LogP contribution in [0.15, 0.2) is 30.5 Å². The van der Waals surface area contributed by atoms with Gasteiger partial charge in [0.15, 0.2) is 0 Å². The molecule has 1 aromatic carbocycles. The first kappa shape index (κ1) is 18.9. The van der Waals surface area contributed by atoms with Crippen LogP contribution >= 0.6 is 12.6 Å². The standard InChI is InChI=1S/C17H29N3OS/c1-13-6-7-16(11-15(13)12-22)21-10-9-20-14(2)17(19)5-3-4-8-18/h6-7,11,17,20,22H,2-5,8-10,12,18-19H2,1H3/t17-/m1/s1. The fraction of sp³-hybridized carbons (Fsp3) is 0.529. The van der Waals surface area contributed by atoms with E-state index in [0.29, 0.717) is 19.7 Å². The largest absolute Gasteiger partial charge is 0.492 e. The quantitative estimate of drug-likeness (QED) is 0.373. The van der Waals surface area contributed by atoms with E-state index >= 15 is 0 Å². The van der Waals surface area contributed by atoms with Gasteiger partial charge in [0.05, 0.1) is 0 Å². The van der Waals surface area contributed by atoms with Crippen LogP contribution in [0.4, 0.5) is 0 Å². The lowest BCUT2D eigenvalue weighted by atomic mass is 10.1. The van der Waals surface area contributed by atoms with Crippen LogP contribution in [0, 0.1) is 6.92 Å². The third kappa shape index (κ3) is 6.73. The Labute approximate surface area is 139 Å². The first-order valence-corrected chi connectivity index (χ1v) is 8.43. The third-order valence-corrected chi connectivity index (χ3v) is 3.97. The fourth-order valence-corrected chi connectivity index (χ4v) is 2.44. The van der Waals surface area contributed by atoms with E-state index < -0.39 is 0 Å². The molecule has 0 aliphatic heterocycles. The molecule has 5 heteroatoms. The smallest absolute Gasteiger partial charge is 0.119 e. The molecule has 22 heavy (non-hydrogen) atoms. The molecule has 0 aliphatic carbocycles. The molecule has 0 heterocycles. The summed E-state index contributed by atoms with van der Waals surface area (Å²) >= 11 is 4.32. The second-order valence-electron chi connectivity index (χ2n) is 5.44.